The topological polar surface area (TPSA) is 124 Å². The molecule has 0 amide bonds. The summed E-state index contributed by atoms with van der Waals surface area (Å²) < 4.78 is 0. The first-order valence-electron chi connectivity index (χ1n) is 8.83. The Bertz CT molecular complexity index is 889. The molecule has 0 radical (unpaired) electrons. The van der Waals surface area contributed by atoms with Crippen molar-refractivity contribution in [3.05, 3.63) is 23.8 Å². The molecule has 0 atom stereocenters. The van der Waals surface area contributed by atoms with E-state index in [-0.39, 0.29) is 5.96 Å². The number of guanidine groups is 2. The van der Waals surface area contributed by atoms with Gasteiger partial charge in [0, 0.05) is 11.3 Å². The normalized spacial score (nSPS) is 19.4. The predicted molar refractivity (Wildman–Crippen MR) is 101 cm³/mol. The van der Waals surface area contributed by atoms with Gasteiger partial charge in [-0.05, 0) is 49.5 Å². The highest BCUT2D eigenvalue weighted by molar-refractivity contribution is 6.06. The lowest BCUT2D eigenvalue weighted by atomic mass is 9.87. The van der Waals surface area contributed by atoms with Gasteiger partial charge in [0.15, 0.2) is 0 Å². The van der Waals surface area contributed by atoms with Crippen molar-refractivity contribution in [3.63, 3.8) is 0 Å². The fourth-order valence-corrected chi connectivity index (χ4v) is 3.86. The van der Waals surface area contributed by atoms with Crippen molar-refractivity contribution in [1.82, 2.24) is 20.2 Å². The minimum absolute atomic E-state index is 0.255. The molecule has 2 heterocycles. The molecule has 9 heteroatoms. The van der Waals surface area contributed by atoms with E-state index >= 15 is 0 Å². The summed E-state index contributed by atoms with van der Waals surface area (Å²) in [5, 5.41) is 12.3. The molecule has 136 valence electrons. The number of tetrazole rings is 1. The van der Waals surface area contributed by atoms with E-state index in [0.717, 1.165) is 42.5 Å². The Morgan fingerprint density at radius 1 is 1.12 bits per heavy atom. The average Bonchev–Trinajstić information content (AvgIpc) is 3.03. The van der Waals surface area contributed by atoms with Crippen LogP contribution in [0.15, 0.2) is 28.2 Å². The Labute approximate surface area is 151 Å². The minimum atomic E-state index is -0.465. The van der Waals surface area contributed by atoms with Crippen molar-refractivity contribution >= 4 is 17.6 Å². The Balaban J connectivity index is 1.83. The van der Waals surface area contributed by atoms with Gasteiger partial charge >= 0.3 is 0 Å². The zero-order valence-corrected chi connectivity index (χ0v) is 15.1. The van der Waals surface area contributed by atoms with Crippen molar-refractivity contribution < 1.29 is 0 Å². The second-order valence-electron chi connectivity index (χ2n) is 6.92. The highest BCUT2D eigenvalue weighted by Gasteiger charge is 2.43. The molecule has 1 spiro atoms. The molecule has 1 aromatic heterocycles. The number of nitrogens with zero attached hydrogens (tertiary/aromatic N) is 7. The van der Waals surface area contributed by atoms with Gasteiger partial charge in [-0.15, -0.1) is 10.2 Å². The summed E-state index contributed by atoms with van der Waals surface area (Å²) in [5.74, 6) is 1.21. The number of hydrogen-bond donors (Lipinski definition) is 2. The van der Waals surface area contributed by atoms with Gasteiger partial charge in [-0.25, -0.2) is 4.99 Å². The maximum atomic E-state index is 6.34. The lowest BCUT2D eigenvalue weighted by Crippen LogP contribution is -2.58. The molecule has 2 aromatic rings. The zero-order chi connectivity index (χ0) is 18.3. The van der Waals surface area contributed by atoms with Crippen LogP contribution in [0.1, 0.15) is 37.7 Å². The van der Waals surface area contributed by atoms with E-state index in [4.69, 9.17) is 16.5 Å². The smallest absolute Gasteiger partial charge is 0.220 e. The maximum Gasteiger partial charge on any atom is 0.220 e. The number of hydrogen-bond acceptors (Lipinski definition) is 8. The van der Waals surface area contributed by atoms with E-state index in [1.54, 1.807) is 7.05 Å². The number of aliphatic imine (C=N–C) groups is 2. The molecular weight excluding hydrogens is 330 g/mol. The van der Waals surface area contributed by atoms with Gasteiger partial charge in [-0.1, -0.05) is 18.6 Å². The lowest BCUT2D eigenvalue weighted by molar-refractivity contribution is 0.305. The number of nitrogens with two attached hydrogens (primary N) is 2. The SMILES string of the molecule is Cc1ccc(-c2nnn(C)n2)cc1N1C(N)=NC(N)=NC12CCCCC2. The average molecular weight is 353 g/mol. The third kappa shape index (κ3) is 2.69. The van der Waals surface area contributed by atoms with Crippen LogP contribution in [0.4, 0.5) is 5.69 Å². The van der Waals surface area contributed by atoms with Gasteiger partial charge in [-0.2, -0.15) is 9.79 Å². The molecule has 0 bridgehead atoms. The van der Waals surface area contributed by atoms with Gasteiger partial charge in [0.1, 0.15) is 5.66 Å². The monoisotopic (exact) mass is 353 g/mol. The number of aromatic nitrogens is 4. The van der Waals surface area contributed by atoms with Crippen LogP contribution in [0.5, 0.6) is 0 Å². The maximum absolute atomic E-state index is 6.34. The molecule has 0 saturated heterocycles. The number of aryl methyl sites for hydroxylation is 2. The Kier molecular flexibility index (Phi) is 3.86. The molecule has 1 aliphatic carbocycles. The minimum Gasteiger partial charge on any atom is -0.369 e. The molecular formula is C17H23N9. The first kappa shape index (κ1) is 16.5. The van der Waals surface area contributed by atoms with E-state index in [1.807, 2.05) is 23.1 Å². The Morgan fingerprint density at radius 3 is 2.58 bits per heavy atom. The number of benzene rings is 1. The summed E-state index contributed by atoms with van der Waals surface area (Å²) in [7, 11) is 1.75. The lowest BCUT2D eigenvalue weighted by Gasteiger charge is -2.46. The van der Waals surface area contributed by atoms with Crippen LogP contribution >= 0.6 is 0 Å². The van der Waals surface area contributed by atoms with Crippen molar-refractivity contribution in [2.75, 3.05) is 4.90 Å². The van der Waals surface area contributed by atoms with Crippen LogP contribution in [-0.4, -0.2) is 37.8 Å². The molecule has 2 aliphatic rings. The third-order valence-electron chi connectivity index (χ3n) is 5.07. The Hall–Kier alpha value is -2.97. The van der Waals surface area contributed by atoms with E-state index in [1.165, 1.54) is 11.2 Å². The van der Waals surface area contributed by atoms with Crippen molar-refractivity contribution in [2.45, 2.75) is 44.7 Å². The fourth-order valence-electron chi connectivity index (χ4n) is 3.86. The summed E-state index contributed by atoms with van der Waals surface area (Å²) in [6.45, 7) is 2.05. The first-order chi connectivity index (χ1) is 12.5. The molecule has 9 nitrogen and oxygen atoms in total. The quantitative estimate of drug-likeness (QED) is 0.838. The van der Waals surface area contributed by atoms with Gasteiger partial charge in [-0.3, -0.25) is 4.90 Å². The summed E-state index contributed by atoms with van der Waals surface area (Å²) >= 11 is 0. The van der Waals surface area contributed by atoms with Crippen LogP contribution < -0.4 is 16.4 Å². The predicted octanol–water partition coefficient (Wildman–Crippen LogP) is 1.30. The number of rotatable bonds is 2. The third-order valence-corrected chi connectivity index (χ3v) is 5.07. The second kappa shape index (κ2) is 6.08. The summed E-state index contributed by atoms with van der Waals surface area (Å²) in [5.41, 5.74) is 14.7. The van der Waals surface area contributed by atoms with Crippen LogP contribution in [0, 0.1) is 6.92 Å². The molecule has 1 aliphatic heterocycles. The van der Waals surface area contributed by atoms with E-state index in [0.29, 0.717) is 11.8 Å². The van der Waals surface area contributed by atoms with Crippen LogP contribution in [0.2, 0.25) is 0 Å². The van der Waals surface area contributed by atoms with Crippen molar-refractivity contribution in [1.29, 1.82) is 0 Å². The molecule has 1 aromatic carbocycles. The molecule has 1 fully saturated rings. The van der Waals surface area contributed by atoms with Gasteiger partial charge < -0.3 is 11.5 Å². The standard InChI is InChI=1S/C17H23N9/c1-11-6-7-12(14-22-24-25(2)23-14)10-13(11)26-16(19)20-15(18)21-17(26)8-4-3-5-9-17/h6-7,10H,3-5,8-9H2,1-2H3,(H4,18,19,20,21). The highest BCUT2D eigenvalue weighted by Crippen LogP contribution is 2.41. The molecule has 4 N–H and O–H groups in total. The second-order valence-corrected chi connectivity index (χ2v) is 6.92. The largest absolute Gasteiger partial charge is 0.369 e. The first-order valence-corrected chi connectivity index (χ1v) is 8.83. The van der Waals surface area contributed by atoms with E-state index in [9.17, 15) is 0 Å². The van der Waals surface area contributed by atoms with Crippen molar-refractivity contribution in [2.24, 2.45) is 28.5 Å². The molecule has 1 saturated carbocycles. The highest BCUT2D eigenvalue weighted by atomic mass is 15.6. The van der Waals surface area contributed by atoms with Gasteiger partial charge in [0.05, 0.1) is 7.05 Å². The van der Waals surface area contributed by atoms with Crippen LogP contribution in [0.25, 0.3) is 11.4 Å². The van der Waals surface area contributed by atoms with E-state index < -0.39 is 5.66 Å². The zero-order valence-electron chi connectivity index (χ0n) is 15.1. The van der Waals surface area contributed by atoms with Gasteiger partial charge in [0.25, 0.3) is 0 Å². The fraction of sp³-hybridized carbons (Fsp3) is 0.471. The molecule has 0 unspecified atom stereocenters. The van der Waals surface area contributed by atoms with Crippen LogP contribution in [0.3, 0.4) is 0 Å². The summed E-state index contributed by atoms with van der Waals surface area (Å²) in [6, 6.07) is 6.05. The Morgan fingerprint density at radius 2 is 1.88 bits per heavy atom. The van der Waals surface area contributed by atoms with Crippen molar-refractivity contribution in [3.8, 4) is 11.4 Å². The molecule has 4 rings (SSSR count). The molecule has 26 heavy (non-hydrogen) atoms. The summed E-state index contributed by atoms with van der Waals surface area (Å²) in [4.78, 5) is 12.5. The van der Waals surface area contributed by atoms with E-state index in [2.05, 4.69) is 27.3 Å². The summed E-state index contributed by atoms with van der Waals surface area (Å²) in [6.07, 6.45) is 5.18. The number of anilines is 1. The van der Waals surface area contributed by atoms with Crippen LogP contribution in [-0.2, 0) is 7.05 Å². The van der Waals surface area contributed by atoms with Gasteiger partial charge in [0.2, 0.25) is 17.7 Å².